The Morgan fingerprint density at radius 2 is 1.65 bits per heavy atom. The summed E-state index contributed by atoms with van der Waals surface area (Å²) in [5, 5.41) is 2.52. The van der Waals surface area contributed by atoms with Crippen LogP contribution < -0.4 is 5.32 Å². The number of carbonyl (C=O) groups is 3. The van der Waals surface area contributed by atoms with Gasteiger partial charge in [-0.2, -0.15) is 0 Å². The number of carbonyl (C=O) groups excluding carboxylic acids is 3. The Morgan fingerprint density at radius 3 is 2.23 bits per heavy atom. The van der Waals surface area contributed by atoms with Gasteiger partial charge in [0.25, 0.3) is 0 Å². The molecular weight excluding hydrogens is 342 g/mol. The molecular formula is C19H18F2N2O3. The fourth-order valence-corrected chi connectivity index (χ4v) is 4.42. The van der Waals surface area contributed by atoms with Gasteiger partial charge in [0.1, 0.15) is 18.2 Å². The van der Waals surface area contributed by atoms with Gasteiger partial charge in [-0.3, -0.25) is 19.3 Å². The first-order valence-electron chi connectivity index (χ1n) is 8.70. The molecule has 1 aromatic carbocycles. The molecule has 0 unspecified atom stereocenters. The van der Waals surface area contributed by atoms with Gasteiger partial charge in [0, 0.05) is 12.1 Å². The number of halogens is 2. The van der Waals surface area contributed by atoms with E-state index in [-0.39, 0.29) is 60.6 Å². The van der Waals surface area contributed by atoms with Gasteiger partial charge in [-0.15, -0.1) is 0 Å². The zero-order valence-corrected chi connectivity index (χ0v) is 14.0. The van der Waals surface area contributed by atoms with Crippen molar-refractivity contribution in [2.24, 2.45) is 23.7 Å². The average Bonchev–Trinajstić information content (AvgIpc) is 3.27. The number of hydrogen-bond donors (Lipinski definition) is 1. The van der Waals surface area contributed by atoms with Gasteiger partial charge in [0.05, 0.1) is 11.8 Å². The predicted molar refractivity (Wildman–Crippen MR) is 87.5 cm³/mol. The van der Waals surface area contributed by atoms with Gasteiger partial charge in [-0.25, -0.2) is 8.78 Å². The molecule has 5 nitrogen and oxygen atoms in total. The first-order chi connectivity index (χ1) is 12.5. The monoisotopic (exact) mass is 360 g/mol. The minimum Gasteiger partial charge on any atom is -0.354 e. The normalized spacial score (nSPS) is 28.8. The van der Waals surface area contributed by atoms with Crippen LogP contribution in [0.25, 0.3) is 0 Å². The number of fused-ring (bicyclic) bond motifs is 5. The molecule has 1 saturated heterocycles. The van der Waals surface area contributed by atoms with Gasteiger partial charge in [0.15, 0.2) is 0 Å². The first kappa shape index (κ1) is 16.9. The maximum atomic E-state index is 13.6. The van der Waals surface area contributed by atoms with Crippen LogP contribution in [0.2, 0.25) is 0 Å². The van der Waals surface area contributed by atoms with E-state index in [4.69, 9.17) is 0 Å². The second kappa shape index (κ2) is 6.30. The average molecular weight is 360 g/mol. The highest BCUT2D eigenvalue weighted by molar-refractivity contribution is 6.08. The van der Waals surface area contributed by atoms with Gasteiger partial charge in [-0.05, 0) is 36.8 Å². The molecule has 4 rings (SSSR count). The second-order valence-electron chi connectivity index (χ2n) is 7.06. The smallest absolute Gasteiger partial charge is 0.240 e. The van der Waals surface area contributed by atoms with Crippen molar-refractivity contribution in [1.29, 1.82) is 0 Å². The topological polar surface area (TPSA) is 66.5 Å². The molecule has 1 aromatic rings. The number of likely N-dealkylation sites (tertiary alicyclic amines) is 1. The second-order valence-corrected chi connectivity index (χ2v) is 7.06. The highest BCUT2D eigenvalue weighted by atomic mass is 19.1. The molecule has 1 heterocycles. The molecule has 26 heavy (non-hydrogen) atoms. The van der Waals surface area contributed by atoms with Gasteiger partial charge < -0.3 is 5.32 Å². The largest absolute Gasteiger partial charge is 0.354 e. The Balaban J connectivity index is 1.33. The number of imide groups is 1. The van der Waals surface area contributed by atoms with Crippen LogP contribution in [0.15, 0.2) is 30.4 Å². The molecule has 1 N–H and O–H groups in total. The summed E-state index contributed by atoms with van der Waals surface area (Å²) >= 11 is 0. The molecule has 3 aliphatic rings. The maximum Gasteiger partial charge on any atom is 0.240 e. The Bertz CT molecular complexity index is 773. The highest BCUT2D eigenvalue weighted by Crippen LogP contribution is 2.52. The van der Waals surface area contributed by atoms with Crippen LogP contribution in [-0.2, 0) is 20.8 Å². The van der Waals surface area contributed by atoms with E-state index in [1.165, 1.54) is 6.07 Å². The number of benzene rings is 1. The summed E-state index contributed by atoms with van der Waals surface area (Å²) in [4.78, 5) is 38.1. The molecule has 1 aliphatic heterocycles. The van der Waals surface area contributed by atoms with Crippen molar-refractivity contribution >= 4 is 17.7 Å². The van der Waals surface area contributed by atoms with Crippen LogP contribution in [-0.4, -0.2) is 35.7 Å². The Hall–Kier alpha value is -2.57. The third-order valence-corrected chi connectivity index (χ3v) is 5.62. The lowest BCUT2D eigenvalue weighted by molar-refractivity contribution is -0.144. The van der Waals surface area contributed by atoms with Crippen molar-refractivity contribution in [2.45, 2.75) is 12.8 Å². The number of rotatable bonds is 5. The molecule has 4 atom stereocenters. The van der Waals surface area contributed by atoms with Gasteiger partial charge in [0.2, 0.25) is 17.7 Å². The van der Waals surface area contributed by atoms with E-state index in [1.807, 2.05) is 12.2 Å². The third-order valence-electron chi connectivity index (χ3n) is 5.62. The molecule has 136 valence electrons. The van der Waals surface area contributed by atoms with Crippen LogP contribution in [0, 0.1) is 35.3 Å². The van der Waals surface area contributed by atoms with Crippen LogP contribution in [0.3, 0.4) is 0 Å². The highest BCUT2D eigenvalue weighted by Gasteiger charge is 2.59. The molecule has 1 saturated carbocycles. The summed E-state index contributed by atoms with van der Waals surface area (Å²) in [5.74, 6) is -2.89. The van der Waals surface area contributed by atoms with Crippen molar-refractivity contribution in [1.82, 2.24) is 10.2 Å². The number of nitrogens with zero attached hydrogens (tertiary/aromatic N) is 1. The lowest BCUT2D eigenvalue weighted by Crippen LogP contribution is -2.42. The minimum absolute atomic E-state index is 0.00847. The van der Waals surface area contributed by atoms with Crippen molar-refractivity contribution < 1.29 is 23.2 Å². The summed E-state index contributed by atoms with van der Waals surface area (Å²) < 4.78 is 27.1. The van der Waals surface area contributed by atoms with Gasteiger partial charge >= 0.3 is 0 Å². The summed E-state index contributed by atoms with van der Waals surface area (Å²) in [6.07, 6.45) is 4.81. The quantitative estimate of drug-likeness (QED) is 0.638. The molecule has 7 heteroatoms. The van der Waals surface area contributed by atoms with Crippen molar-refractivity contribution in [3.05, 3.63) is 47.5 Å². The molecule has 0 aromatic heterocycles. The summed E-state index contributed by atoms with van der Waals surface area (Å²) in [6.45, 7) is -0.323. The Morgan fingerprint density at radius 1 is 1.08 bits per heavy atom. The molecule has 0 spiro atoms. The number of allylic oxidation sites excluding steroid dienone is 2. The van der Waals surface area contributed by atoms with E-state index in [1.54, 1.807) is 0 Å². The molecule has 2 bridgehead atoms. The number of nitrogens with one attached hydrogen (secondary N) is 1. The first-order valence-corrected chi connectivity index (χ1v) is 8.70. The van der Waals surface area contributed by atoms with E-state index >= 15 is 0 Å². The summed E-state index contributed by atoms with van der Waals surface area (Å²) in [7, 11) is 0. The summed E-state index contributed by atoms with van der Waals surface area (Å²) in [6, 6.07) is 3.59. The van der Waals surface area contributed by atoms with Gasteiger partial charge in [-0.1, -0.05) is 18.2 Å². The van der Waals surface area contributed by atoms with Crippen molar-refractivity contribution in [2.75, 3.05) is 13.1 Å². The van der Waals surface area contributed by atoms with Crippen LogP contribution >= 0.6 is 0 Å². The lowest BCUT2D eigenvalue weighted by atomic mass is 9.85. The maximum absolute atomic E-state index is 13.6. The number of hydrogen-bond acceptors (Lipinski definition) is 3. The van der Waals surface area contributed by atoms with Crippen molar-refractivity contribution in [3.63, 3.8) is 0 Å². The van der Waals surface area contributed by atoms with E-state index < -0.39 is 17.5 Å². The zero-order chi connectivity index (χ0) is 18.4. The fraction of sp³-hybridized carbons (Fsp3) is 0.421. The van der Waals surface area contributed by atoms with Crippen molar-refractivity contribution in [3.8, 4) is 0 Å². The Labute approximate surface area is 149 Å². The van der Waals surface area contributed by atoms with E-state index in [9.17, 15) is 23.2 Å². The minimum atomic E-state index is -0.667. The Kier molecular flexibility index (Phi) is 4.09. The zero-order valence-electron chi connectivity index (χ0n) is 14.0. The van der Waals surface area contributed by atoms with E-state index in [0.29, 0.717) is 0 Å². The standard InChI is InChI=1S/C19H18F2N2O3/c20-13-2-1-3-14(21)12(13)6-7-22-15(24)9-23-18(25)16-10-4-5-11(8-10)17(16)19(23)26/h1-5,10-11,16-17H,6-9H2,(H,22,24)/t10-,11-,16-,17+/m0/s1. The van der Waals surface area contributed by atoms with E-state index in [0.717, 1.165) is 23.5 Å². The summed E-state index contributed by atoms with van der Waals surface area (Å²) in [5.41, 5.74) is -0.0988. The SMILES string of the molecule is O=C(CN1C(=O)[C@@H]2[C@H](C1=O)[C@H]1C=C[C@H]2C1)NCCc1c(F)cccc1F. The third kappa shape index (κ3) is 2.62. The van der Waals surface area contributed by atoms with E-state index in [2.05, 4.69) is 5.32 Å². The predicted octanol–water partition coefficient (Wildman–Crippen LogP) is 1.43. The number of amides is 3. The fourth-order valence-electron chi connectivity index (χ4n) is 4.42. The molecule has 2 aliphatic carbocycles. The molecule has 0 radical (unpaired) electrons. The lowest BCUT2D eigenvalue weighted by Gasteiger charge is -2.16. The molecule has 3 amide bonds. The van der Waals surface area contributed by atoms with Crippen LogP contribution in [0.4, 0.5) is 8.78 Å². The molecule has 2 fully saturated rings. The van der Waals surface area contributed by atoms with Crippen LogP contribution in [0.1, 0.15) is 12.0 Å². The van der Waals surface area contributed by atoms with Crippen LogP contribution in [0.5, 0.6) is 0 Å².